The molecule has 0 saturated heterocycles. The highest BCUT2D eigenvalue weighted by molar-refractivity contribution is 5.93. The minimum absolute atomic E-state index is 0.163. The van der Waals surface area contributed by atoms with Gasteiger partial charge in [-0.15, -0.1) is 0 Å². The molecule has 0 fully saturated rings. The molecule has 5 heterocycles. The molecule has 11 heteroatoms. The number of carbonyl (C=O) groups excluding carboxylic acids is 1. The molecule has 0 radical (unpaired) electrons. The van der Waals surface area contributed by atoms with Crippen LogP contribution in [0.5, 0.6) is 0 Å². The number of aromatic nitrogens is 5. The number of rotatable bonds is 2. The van der Waals surface area contributed by atoms with Gasteiger partial charge in [-0.1, -0.05) is 0 Å². The van der Waals surface area contributed by atoms with Crippen molar-refractivity contribution >= 4 is 11.4 Å². The SMILES string of the molecule is Fc1cnc(C(F)(F)F)cc1-c1cc2n(n1)CCC2.NC(=O)c1ccn2nccc2c1. The summed E-state index contributed by atoms with van der Waals surface area (Å²) in [6.45, 7) is 0.716. The van der Waals surface area contributed by atoms with E-state index in [4.69, 9.17) is 5.73 Å². The molecule has 4 aromatic heterocycles. The Morgan fingerprint density at radius 3 is 2.68 bits per heavy atom. The van der Waals surface area contributed by atoms with Crippen LogP contribution in [0.2, 0.25) is 0 Å². The van der Waals surface area contributed by atoms with Gasteiger partial charge in [0.25, 0.3) is 0 Å². The first kappa shape index (κ1) is 20.5. The number of alkyl halides is 3. The molecule has 7 nitrogen and oxygen atoms in total. The zero-order chi connectivity index (χ0) is 22.2. The summed E-state index contributed by atoms with van der Waals surface area (Å²) in [5, 5.41) is 8.11. The molecule has 2 N–H and O–H groups in total. The third-order valence-corrected chi connectivity index (χ3v) is 4.77. The molecule has 0 saturated carbocycles. The van der Waals surface area contributed by atoms with Gasteiger partial charge in [-0.3, -0.25) is 9.48 Å². The number of primary amides is 1. The van der Waals surface area contributed by atoms with Crippen molar-refractivity contribution in [1.29, 1.82) is 0 Å². The Labute approximate surface area is 173 Å². The first-order valence-electron chi connectivity index (χ1n) is 9.25. The van der Waals surface area contributed by atoms with Crippen molar-refractivity contribution in [1.82, 2.24) is 24.4 Å². The van der Waals surface area contributed by atoms with Gasteiger partial charge in [-0.25, -0.2) is 13.9 Å². The van der Waals surface area contributed by atoms with E-state index in [1.54, 1.807) is 39.8 Å². The van der Waals surface area contributed by atoms with Crippen LogP contribution in [0.3, 0.4) is 0 Å². The first-order chi connectivity index (χ1) is 14.7. The van der Waals surface area contributed by atoms with E-state index in [0.29, 0.717) is 24.4 Å². The number of fused-ring (bicyclic) bond motifs is 2. The summed E-state index contributed by atoms with van der Waals surface area (Å²) >= 11 is 0. The van der Waals surface area contributed by atoms with E-state index in [9.17, 15) is 22.4 Å². The standard InChI is InChI=1S/C12H9F4N3.C8H7N3O/c13-9-6-17-11(12(14,15)16)5-8(9)10-4-7-2-1-3-19(7)18-10;9-8(12)6-2-4-11-7(5-6)1-3-10-11/h4-6H,1-3H2;1-5H,(H2,9,12). The highest BCUT2D eigenvalue weighted by Gasteiger charge is 2.33. The number of hydrogen-bond donors (Lipinski definition) is 1. The van der Waals surface area contributed by atoms with Crippen LogP contribution in [0.15, 0.2) is 48.9 Å². The van der Waals surface area contributed by atoms with Gasteiger partial charge in [0, 0.05) is 35.8 Å². The lowest BCUT2D eigenvalue weighted by Crippen LogP contribution is -2.10. The molecule has 0 atom stereocenters. The van der Waals surface area contributed by atoms with Crippen molar-refractivity contribution in [3.8, 4) is 11.3 Å². The number of amides is 1. The van der Waals surface area contributed by atoms with Crippen LogP contribution >= 0.6 is 0 Å². The molecule has 1 aliphatic heterocycles. The van der Waals surface area contributed by atoms with Gasteiger partial charge in [0.15, 0.2) is 5.82 Å². The number of carbonyl (C=O) groups is 1. The number of nitrogens with two attached hydrogens (primary N) is 1. The lowest BCUT2D eigenvalue weighted by atomic mass is 10.1. The summed E-state index contributed by atoms with van der Waals surface area (Å²) in [6.07, 6.45) is 1.13. The van der Waals surface area contributed by atoms with Crippen LogP contribution < -0.4 is 5.73 Å². The van der Waals surface area contributed by atoms with E-state index in [1.165, 1.54) is 0 Å². The molecule has 1 amide bonds. The quantitative estimate of drug-likeness (QED) is 0.491. The summed E-state index contributed by atoms with van der Waals surface area (Å²) in [6, 6.07) is 7.49. The smallest absolute Gasteiger partial charge is 0.366 e. The average Bonchev–Trinajstić information content (AvgIpc) is 3.43. The van der Waals surface area contributed by atoms with Crippen LogP contribution in [-0.4, -0.2) is 30.3 Å². The number of nitrogens with zero attached hydrogens (tertiary/aromatic N) is 5. The van der Waals surface area contributed by atoms with Gasteiger partial charge in [-0.2, -0.15) is 23.4 Å². The Balaban J connectivity index is 0.000000166. The van der Waals surface area contributed by atoms with Crippen LogP contribution in [0.25, 0.3) is 16.8 Å². The van der Waals surface area contributed by atoms with Crippen molar-refractivity contribution in [3.05, 3.63) is 71.7 Å². The fourth-order valence-corrected chi connectivity index (χ4v) is 3.26. The molecular formula is C20H16F4N6O. The third-order valence-electron chi connectivity index (χ3n) is 4.77. The summed E-state index contributed by atoms with van der Waals surface area (Å²) in [5.74, 6) is -1.22. The zero-order valence-corrected chi connectivity index (χ0v) is 16.0. The van der Waals surface area contributed by atoms with E-state index in [0.717, 1.165) is 24.1 Å². The fourth-order valence-electron chi connectivity index (χ4n) is 3.26. The maximum atomic E-state index is 13.6. The summed E-state index contributed by atoms with van der Waals surface area (Å²) in [4.78, 5) is 13.8. The maximum absolute atomic E-state index is 13.6. The summed E-state index contributed by atoms with van der Waals surface area (Å²) < 4.78 is 54.7. The molecule has 0 bridgehead atoms. The van der Waals surface area contributed by atoms with Crippen LogP contribution in [-0.2, 0) is 19.1 Å². The van der Waals surface area contributed by atoms with Crippen molar-refractivity contribution in [2.75, 3.05) is 0 Å². The van der Waals surface area contributed by atoms with E-state index in [-0.39, 0.29) is 11.3 Å². The number of hydrogen-bond acceptors (Lipinski definition) is 4. The predicted molar refractivity (Wildman–Crippen MR) is 102 cm³/mol. The Morgan fingerprint density at radius 1 is 1.16 bits per heavy atom. The molecule has 0 unspecified atom stereocenters. The van der Waals surface area contributed by atoms with Crippen molar-refractivity contribution in [2.24, 2.45) is 5.73 Å². The lowest BCUT2D eigenvalue weighted by Gasteiger charge is -2.07. The molecular weight excluding hydrogens is 416 g/mol. The van der Waals surface area contributed by atoms with Gasteiger partial charge >= 0.3 is 6.18 Å². The van der Waals surface area contributed by atoms with Crippen molar-refractivity contribution < 1.29 is 22.4 Å². The molecule has 0 spiro atoms. The van der Waals surface area contributed by atoms with E-state index in [2.05, 4.69) is 15.2 Å². The molecule has 1 aliphatic rings. The second-order valence-corrected chi connectivity index (χ2v) is 6.88. The Kier molecular flexibility index (Phi) is 5.17. The Bertz CT molecular complexity index is 1240. The van der Waals surface area contributed by atoms with Gasteiger partial charge in [-0.05, 0) is 43.2 Å². The number of aryl methyl sites for hydroxylation is 2. The topological polar surface area (TPSA) is 91.1 Å². The largest absolute Gasteiger partial charge is 0.433 e. The molecule has 4 aromatic rings. The highest BCUT2D eigenvalue weighted by atomic mass is 19.4. The minimum Gasteiger partial charge on any atom is -0.366 e. The predicted octanol–water partition coefficient (Wildman–Crippen LogP) is 3.48. The first-order valence-corrected chi connectivity index (χ1v) is 9.25. The summed E-state index contributed by atoms with van der Waals surface area (Å²) in [7, 11) is 0. The monoisotopic (exact) mass is 432 g/mol. The molecule has 31 heavy (non-hydrogen) atoms. The summed E-state index contributed by atoms with van der Waals surface area (Å²) in [5.41, 5.74) is 6.34. The normalized spacial score (nSPS) is 13.0. The van der Waals surface area contributed by atoms with Crippen LogP contribution in [0.1, 0.15) is 28.2 Å². The number of halogens is 4. The second-order valence-electron chi connectivity index (χ2n) is 6.88. The van der Waals surface area contributed by atoms with E-state index < -0.39 is 23.6 Å². The molecule has 0 aromatic carbocycles. The van der Waals surface area contributed by atoms with Gasteiger partial charge < -0.3 is 5.73 Å². The molecule has 160 valence electrons. The van der Waals surface area contributed by atoms with Gasteiger partial charge in [0.1, 0.15) is 5.69 Å². The second kappa shape index (κ2) is 7.82. The lowest BCUT2D eigenvalue weighted by molar-refractivity contribution is -0.141. The van der Waals surface area contributed by atoms with Crippen molar-refractivity contribution in [3.63, 3.8) is 0 Å². The van der Waals surface area contributed by atoms with Crippen LogP contribution in [0.4, 0.5) is 17.6 Å². The average molecular weight is 432 g/mol. The Morgan fingerprint density at radius 2 is 1.97 bits per heavy atom. The minimum atomic E-state index is -4.59. The molecule has 0 aliphatic carbocycles. The maximum Gasteiger partial charge on any atom is 0.433 e. The van der Waals surface area contributed by atoms with Gasteiger partial charge in [0.2, 0.25) is 5.91 Å². The van der Waals surface area contributed by atoms with Gasteiger partial charge in [0.05, 0.1) is 17.4 Å². The highest BCUT2D eigenvalue weighted by Crippen LogP contribution is 2.32. The van der Waals surface area contributed by atoms with E-state index >= 15 is 0 Å². The zero-order valence-electron chi connectivity index (χ0n) is 16.0. The number of pyridine rings is 2. The van der Waals surface area contributed by atoms with Crippen LogP contribution in [0, 0.1) is 5.82 Å². The van der Waals surface area contributed by atoms with E-state index in [1.807, 2.05) is 6.07 Å². The van der Waals surface area contributed by atoms with Crippen molar-refractivity contribution in [2.45, 2.75) is 25.6 Å². The third kappa shape index (κ3) is 4.25. The fraction of sp³-hybridized carbons (Fsp3) is 0.200. The Hall–Kier alpha value is -3.76. The molecule has 5 rings (SSSR count).